The van der Waals surface area contributed by atoms with Crippen LogP contribution in [0.15, 0.2) is 91.0 Å². The Morgan fingerprint density at radius 2 is 1.16 bits per heavy atom. The summed E-state index contributed by atoms with van der Waals surface area (Å²) in [6.45, 7) is 2.20. The predicted molar refractivity (Wildman–Crippen MR) is 109 cm³/mol. The summed E-state index contributed by atoms with van der Waals surface area (Å²) in [6.07, 6.45) is 0. The molecule has 0 aliphatic rings. The van der Waals surface area contributed by atoms with E-state index in [1.165, 1.54) is 49.0 Å². The number of hydrogen-bond donors (Lipinski definition) is 0. The summed E-state index contributed by atoms with van der Waals surface area (Å²) in [6, 6.07) is 32.9. The van der Waals surface area contributed by atoms with Gasteiger partial charge in [0.25, 0.3) is 0 Å². The summed E-state index contributed by atoms with van der Waals surface area (Å²) in [5.74, 6) is 0. The van der Waals surface area contributed by atoms with Crippen molar-refractivity contribution in [3.8, 4) is 11.1 Å². The lowest BCUT2D eigenvalue weighted by atomic mass is 9.88. The Hall–Kier alpha value is -3.12. The summed E-state index contributed by atoms with van der Waals surface area (Å²) in [4.78, 5) is 0. The quantitative estimate of drug-likeness (QED) is 0.228. The maximum Gasteiger partial charge on any atom is -0.00239 e. The molecule has 0 saturated heterocycles. The lowest BCUT2D eigenvalue weighted by Gasteiger charge is -2.15. The van der Waals surface area contributed by atoms with Gasteiger partial charge in [0.2, 0.25) is 0 Å². The van der Waals surface area contributed by atoms with Crippen LogP contribution in [0, 0.1) is 6.92 Å². The molecule has 5 rings (SSSR count). The zero-order valence-electron chi connectivity index (χ0n) is 14.2. The average Bonchev–Trinajstić information content (AvgIpc) is 2.67. The molecule has 0 aliphatic carbocycles. The number of fused-ring (bicyclic) bond motifs is 4. The fourth-order valence-electron chi connectivity index (χ4n) is 3.96. The molecule has 0 N–H and O–H groups in total. The molecule has 5 aromatic carbocycles. The Morgan fingerprint density at radius 3 is 2.00 bits per heavy atom. The van der Waals surface area contributed by atoms with Crippen LogP contribution in [-0.2, 0) is 0 Å². The van der Waals surface area contributed by atoms with E-state index >= 15 is 0 Å². The second-order valence-electron chi connectivity index (χ2n) is 6.67. The highest BCUT2D eigenvalue weighted by atomic mass is 14.2. The summed E-state index contributed by atoms with van der Waals surface area (Å²) in [5, 5.41) is 7.88. The summed E-state index contributed by atoms with van der Waals surface area (Å²) in [5.41, 5.74) is 3.98. The number of aryl methyl sites for hydroxylation is 1. The Morgan fingerprint density at radius 1 is 0.480 bits per heavy atom. The van der Waals surface area contributed by atoms with Crippen LogP contribution in [0.25, 0.3) is 43.4 Å². The fraction of sp³-hybridized carbons (Fsp3) is 0.0400. The predicted octanol–water partition coefficient (Wildman–Crippen LogP) is 7.12. The van der Waals surface area contributed by atoms with Gasteiger partial charge >= 0.3 is 0 Å². The van der Waals surface area contributed by atoms with E-state index in [0.29, 0.717) is 0 Å². The minimum Gasteiger partial charge on any atom is -0.0620 e. The summed E-state index contributed by atoms with van der Waals surface area (Å²) in [7, 11) is 0. The number of rotatable bonds is 1. The van der Waals surface area contributed by atoms with Crippen molar-refractivity contribution in [3.63, 3.8) is 0 Å². The molecule has 0 nitrogen and oxygen atoms in total. The summed E-state index contributed by atoms with van der Waals surface area (Å²) < 4.78 is 0. The molecule has 0 fully saturated rings. The van der Waals surface area contributed by atoms with Crippen molar-refractivity contribution < 1.29 is 0 Å². The third-order valence-corrected chi connectivity index (χ3v) is 5.18. The second-order valence-corrected chi connectivity index (χ2v) is 6.67. The molecule has 0 heterocycles. The molecule has 0 radical (unpaired) electrons. The molecule has 0 unspecified atom stereocenters. The van der Waals surface area contributed by atoms with Crippen molar-refractivity contribution in [2.45, 2.75) is 6.92 Å². The first-order chi connectivity index (χ1) is 12.3. The molecule has 0 amide bonds. The van der Waals surface area contributed by atoms with Crippen LogP contribution >= 0.6 is 0 Å². The normalized spacial score (nSPS) is 11.4. The minimum atomic E-state index is 1.29. The van der Waals surface area contributed by atoms with Gasteiger partial charge < -0.3 is 0 Å². The first kappa shape index (κ1) is 14.2. The van der Waals surface area contributed by atoms with Crippen molar-refractivity contribution in [3.05, 3.63) is 96.6 Å². The van der Waals surface area contributed by atoms with Crippen LogP contribution in [0.1, 0.15) is 5.56 Å². The van der Waals surface area contributed by atoms with E-state index in [9.17, 15) is 0 Å². The van der Waals surface area contributed by atoms with E-state index in [0.717, 1.165) is 0 Å². The lowest BCUT2D eigenvalue weighted by Crippen LogP contribution is -1.89. The van der Waals surface area contributed by atoms with Crippen LogP contribution in [0.4, 0.5) is 0 Å². The third-order valence-electron chi connectivity index (χ3n) is 5.18. The highest BCUT2D eigenvalue weighted by Gasteiger charge is 2.12. The van der Waals surface area contributed by atoms with Gasteiger partial charge in [0.15, 0.2) is 0 Å². The lowest BCUT2D eigenvalue weighted by molar-refractivity contribution is 1.47. The van der Waals surface area contributed by atoms with Gasteiger partial charge in [0.1, 0.15) is 0 Å². The van der Waals surface area contributed by atoms with Crippen LogP contribution in [0.3, 0.4) is 0 Å². The number of benzene rings is 5. The van der Waals surface area contributed by atoms with Gasteiger partial charge in [-0.2, -0.15) is 0 Å². The maximum atomic E-state index is 2.34. The topological polar surface area (TPSA) is 0 Å². The third kappa shape index (κ3) is 2.15. The van der Waals surface area contributed by atoms with E-state index in [1.807, 2.05) is 0 Å². The van der Waals surface area contributed by atoms with Gasteiger partial charge in [-0.25, -0.2) is 0 Å². The maximum absolute atomic E-state index is 2.34. The minimum absolute atomic E-state index is 1.29. The molecule has 0 spiro atoms. The molecule has 0 saturated carbocycles. The SMILES string of the molecule is Cc1ccccc1-c1c2ccccc2cc2c1ccc1ccccc12. The van der Waals surface area contributed by atoms with Crippen molar-refractivity contribution in [2.24, 2.45) is 0 Å². The fourth-order valence-corrected chi connectivity index (χ4v) is 3.96. The van der Waals surface area contributed by atoms with Crippen LogP contribution < -0.4 is 0 Å². The van der Waals surface area contributed by atoms with Crippen LogP contribution in [0.5, 0.6) is 0 Å². The number of hydrogen-bond acceptors (Lipinski definition) is 0. The molecular weight excluding hydrogens is 300 g/mol. The van der Waals surface area contributed by atoms with E-state index in [1.54, 1.807) is 0 Å². The van der Waals surface area contributed by atoms with Crippen LogP contribution in [0.2, 0.25) is 0 Å². The first-order valence-electron chi connectivity index (χ1n) is 8.72. The van der Waals surface area contributed by atoms with Crippen molar-refractivity contribution in [1.82, 2.24) is 0 Å². The van der Waals surface area contributed by atoms with Crippen LogP contribution in [-0.4, -0.2) is 0 Å². The Labute approximate surface area is 147 Å². The van der Waals surface area contributed by atoms with Gasteiger partial charge in [0.05, 0.1) is 0 Å². The van der Waals surface area contributed by atoms with Gasteiger partial charge in [0, 0.05) is 0 Å². The smallest absolute Gasteiger partial charge is 0.00239 e. The monoisotopic (exact) mass is 318 g/mol. The molecular formula is C25H18. The van der Waals surface area contributed by atoms with Gasteiger partial charge in [-0.1, -0.05) is 84.9 Å². The van der Waals surface area contributed by atoms with E-state index in [-0.39, 0.29) is 0 Å². The molecule has 0 aliphatic heterocycles. The van der Waals surface area contributed by atoms with Crippen molar-refractivity contribution in [2.75, 3.05) is 0 Å². The molecule has 0 aromatic heterocycles. The molecule has 0 heteroatoms. The average molecular weight is 318 g/mol. The first-order valence-corrected chi connectivity index (χ1v) is 8.72. The van der Waals surface area contributed by atoms with Gasteiger partial charge in [-0.15, -0.1) is 0 Å². The second kappa shape index (κ2) is 5.46. The highest BCUT2D eigenvalue weighted by molar-refractivity contribution is 6.20. The van der Waals surface area contributed by atoms with Crippen molar-refractivity contribution in [1.29, 1.82) is 0 Å². The molecule has 5 aromatic rings. The highest BCUT2D eigenvalue weighted by Crippen LogP contribution is 2.40. The Balaban J connectivity index is 2.06. The van der Waals surface area contributed by atoms with Gasteiger partial charge in [-0.05, 0) is 62.0 Å². The van der Waals surface area contributed by atoms with E-state index in [2.05, 4.69) is 97.9 Å². The summed E-state index contributed by atoms with van der Waals surface area (Å²) >= 11 is 0. The zero-order chi connectivity index (χ0) is 16.8. The Kier molecular flexibility index (Phi) is 3.11. The van der Waals surface area contributed by atoms with Gasteiger partial charge in [-0.3, -0.25) is 0 Å². The van der Waals surface area contributed by atoms with Crippen molar-refractivity contribution >= 4 is 32.3 Å². The van der Waals surface area contributed by atoms with E-state index < -0.39 is 0 Å². The van der Waals surface area contributed by atoms with E-state index in [4.69, 9.17) is 0 Å². The largest absolute Gasteiger partial charge is 0.0620 e. The molecule has 118 valence electrons. The zero-order valence-corrected chi connectivity index (χ0v) is 14.2. The molecule has 0 bridgehead atoms. The molecule has 0 atom stereocenters. The molecule has 25 heavy (non-hydrogen) atoms. The Bertz CT molecular complexity index is 1250. The standard InChI is InChI=1S/C25H18/c1-17-8-2-5-11-20(17)25-22-13-7-4-10-19(22)16-24-21-12-6-3-9-18(21)14-15-23(24)25/h2-16H,1H3.